The second-order valence-electron chi connectivity index (χ2n) is 5.10. The maximum atomic E-state index is 12.4. The van der Waals surface area contributed by atoms with Crippen molar-refractivity contribution in [2.24, 2.45) is 0 Å². The van der Waals surface area contributed by atoms with Crippen molar-refractivity contribution in [2.75, 3.05) is 24.5 Å². The summed E-state index contributed by atoms with van der Waals surface area (Å²) in [4.78, 5) is 24.7. The van der Waals surface area contributed by atoms with Crippen molar-refractivity contribution in [3.63, 3.8) is 0 Å². The van der Waals surface area contributed by atoms with Crippen LogP contribution >= 0.6 is 0 Å². The highest BCUT2D eigenvalue weighted by molar-refractivity contribution is 5.92. The van der Waals surface area contributed by atoms with Gasteiger partial charge in [0.15, 0.2) is 0 Å². The van der Waals surface area contributed by atoms with E-state index in [0.717, 1.165) is 25.9 Å². The van der Waals surface area contributed by atoms with Gasteiger partial charge in [0.05, 0.1) is 6.42 Å². The summed E-state index contributed by atoms with van der Waals surface area (Å²) >= 11 is 0. The summed E-state index contributed by atoms with van der Waals surface area (Å²) in [5.41, 5.74) is 3.57. The average molecular weight is 291 g/mol. The Hall–Kier alpha value is -2.08. The lowest BCUT2D eigenvalue weighted by Crippen LogP contribution is -2.51. The smallest absolute Gasteiger partial charge is 0.336 e. The van der Waals surface area contributed by atoms with Gasteiger partial charge in [-0.3, -0.25) is 15.1 Å². The van der Waals surface area contributed by atoms with Crippen LogP contribution in [0.4, 0.5) is 10.5 Å². The van der Waals surface area contributed by atoms with Crippen molar-refractivity contribution in [1.29, 1.82) is 0 Å². The molecule has 0 unspecified atom stereocenters. The normalized spacial score (nSPS) is 15.4. The Labute approximate surface area is 124 Å². The first-order chi connectivity index (χ1) is 10.2. The Morgan fingerprint density at radius 2 is 1.81 bits per heavy atom. The Morgan fingerprint density at radius 1 is 1.14 bits per heavy atom. The summed E-state index contributed by atoms with van der Waals surface area (Å²) in [7, 11) is 0. The number of carboxylic acid groups (broad SMARTS) is 1. The lowest BCUT2D eigenvalue weighted by molar-refractivity contribution is -0.136. The van der Waals surface area contributed by atoms with Crippen molar-refractivity contribution >= 4 is 17.7 Å². The van der Waals surface area contributed by atoms with E-state index >= 15 is 0 Å². The fourth-order valence-electron chi connectivity index (χ4n) is 2.36. The van der Waals surface area contributed by atoms with Gasteiger partial charge in [0.25, 0.3) is 0 Å². The molecule has 114 valence electrons. The van der Waals surface area contributed by atoms with Gasteiger partial charge in [-0.05, 0) is 25.0 Å². The molecule has 0 spiro atoms. The molecule has 1 aromatic rings. The number of urea groups is 1. The quantitative estimate of drug-likeness (QED) is 0.871. The molecule has 0 aliphatic carbocycles. The lowest BCUT2D eigenvalue weighted by Gasteiger charge is -2.30. The summed E-state index contributed by atoms with van der Waals surface area (Å²) in [5.74, 6) is -0.915. The van der Waals surface area contributed by atoms with Crippen LogP contribution in [-0.2, 0) is 4.79 Å². The van der Waals surface area contributed by atoms with E-state index in [1.807, 2.05) is 23.2 Å². The number of amides is 2. The Morgan fingerprint density at radius 3 is 2.43 bits per heavy atom. The Balaban J connectivity index is 2.02. The van der Waals surface area contributed by atoms with Crippen LogP contribution in [0.5, 0.6) is 0 Å². The third-order valence-electron chi connectivity index (χ3n) is 3.47. The number of rotatable bonds is 5. The predicted octanol–water partition coefficient (Wildman–Crippen LogP) is 2.08. The number of carboxylic acids is 1. The van der Waals surface area contributed by atoms with E-state index in [1.54, 1.807) is 12.1 Å². The summed E-state index contributed by atoms with van der Waals surface area (Å²) in [5, 5.41) is 10.7. The van der Waals surface area contributed by atoms with Crippen molar-refractivity contribution in [1.82, 2.24) is 10.4 Å². The van der Waals surface area contributed by atoms with Gasteiger partial charge in [-0.2, -0.15) is 0 Å². The third kappa shape index (κ3) is 4.75. The number of carbonyl (C=O) groups excluding carboxylic acids is 1. The van der Waals surface area contributed by atoms with Crippen molar-refractivity contribution in [2.45, 2.75) is 25.7 Å². The largest absolute Gasteiger partial charge is 0.481 e. The number of para-hydroxylation sites is 1. The molecule has 1 aliphatic heterocycles. The first kappa shape index (κ1) is 15.3. The SMILES string of the molecule is O=C(O)CCN(C(=O)NN1CCCCC1)c1ccccc1. The third-order valence-corrected chi connectivity index (χ3v) is 3.47. The number of nitrogens with one attached hydrogen (secondary N) is 1. The van der Waals surface area contributed by atoms with Gasteiger partial charge in [-0.1, -0.05) is 24.6 Å². The zero-order valence-corrected chi connectivity index (χ0v) is 12.0. The predicted molar refractivity (Wildman–Crippen MR) is 80.0 cm³/mol. The molecule has 1 saturated heterocycles. The highest BCUT2D eigenvalue weighted by Crippen LogP contribution is 2.14. The van der Waals surface area contributed by atoms with Gasteiger partial charge in [-0.15, -0.1) is 0 Å². The van der Waals surface area contributed by atoms with Crippen LogP contribution in [0.1, 0.15) is 25.7 Å². The molecule has 6 heteroatoms. The zero-order chi connectivity index (χ0) is 15.1. The van der Waals surface area contributed by atoms with Crippen LogP contribution in [-0.4, -0.2) is 41.8 Å². The molecule has 2 N–H and O–H groups in total. The number of benzene rings is 1. The molecule has 0 bridgehead atoms. The lowest BCUT2D eigenvalue weighted by atomic mass is 10.2. The van der Waals surface area contributed by atoms with Crippen LogP contribution in [0.25, 0.3) is 0 Å². The topological polar surface area (TPSA) is 72.9 Å². The number of hydrogen-bond acceptors (Lipinski definition) is 3. The number of nitrogens with zero attached hydrogens (tertiary/aromatic N) is 2. The van der Waals surface area contributed by atoms with Gasteiger partial charge in [-0.25, -0.2) is 9.80 Å². The van der Waals surface area contributed by atoms with E-state index in [-0.39, 0.29) is 19.0 Å². The van der Waals surface area contributed by atoms with Crippen LogP contribution in [0.2, 0.25) is 0 Å². The average Bonchev–Trinajstić information content (AvgIpc) is 2.49. The standard InChI is InChI=1S/C15H21N3O3/c19-14(20)9-12-18(13-7-3-1-4-8-13)15(21)16-17-10-5-2-6-11-17/h1,3-4,7-8H,2,5-6,9-12H2,(H,16,21)(H,19,20). The highest BCUT2D eigenvalue weighted by Gasteiger charge is 2.20. The van der Waals surface area contributed by atoms with Crippen LogP contribution in [0.3, 0.4) is 0 Å². The van der Waals surface area contributed by atoms with Crippen molar-refractivity contribution in [3.05, 3.63) is 30.3 Å². The van der Waals surface area contributed by atoms with Crippen LogP contribution < -0.4 is 10.3 Å². The number of aliphatic carboxylic acids is 1. The second-order valence-corrected chi connectivity index (χ2v) is 5.10. The van der Waals surface area contributed by atoms with Crippen molar-refractivity contribution < 1.29 is 14.7 Å². The molecular formula is C15H21N3O3. The van der Waals surface area contributed by atoms with E-state index in [9.17, 15) is 9.59 Å². The van der Waals surface area contributed by atoms with E-state index in [4.69, 9.17) is 5.11 Å². The highest BCUT2D eigenvalue weighted by atomic mass is 16.4. The van der Waals surface area contributed by atoms with Gasteiger partial charge in [0.2, 0.25) is 0 Å². The van der Waals surface area contributed by atoms with Crippen molar-refractivity contribution in [3.8, 4) is 0 Å². The molecule has 2 rings (SSSR count). The van der Waals surface area contributed by atoms with Gasteiger partial charge in [0, 0.05) is 25.3 Å². The van der Waals surface area contributed by atoms with Gasteiger partial charge in [0.1, 0.15) is 0 Å². The Bertz CT molecular complexity index is 472. The van der Waals surface area contributed by atoms with E-state index in [1.165, 1.54) is 11.3 Å². The minimum absolute atomic E-state index is 0.0810. The molecule has 1 aromatic carbocycles. The molecular weight excluding hydrogens is 270 g/mol. The fraction of sp³-hybridized carbons (Fsp3) is 0.467. The summed E-state index contributed by atoms with van der Waals surface area (Å²) in [6.45, 7) is 1.83. The maximum absolute atomic E-state index is 12.4. The molecule has 2 amide bonds. The minimum atomic E-state index is -0.915. The number of hydrogen-bond donors (Lipinski definition) is 2. The van der Waals surface area contributed by atoms with E-state index in [2.05, 4.69) is 5.43 Å². The van der Waals surface area contributed by atoms with Gasteiger partial charge < -0.3 is 5.11 Å². The molecule has 0 atom stereocenters. The zero-order valence-electron chi connectivity index (χ0n) is 12.0. The van der Waals surface area contributed by atoms with E-state index < -0.39 is 5.97 Å². The molecule has 1 heterocycles. The fourth-order valence-corrected chi connectivity index (χ4v) is 2.36. The van der Waals surface area contributed by atoms with Crippen LogP contribution in [0.15, 0.2) is 30.3 Å². The minimum Gasteiger partial charge on any atom is -0.481 e. The monoisotopic (exact) mass is 291 g/mol. The molecule has 0 radical (unpaired) electrons. The molecule has 1 fully saturated rings. The van der Waals surface area contributed by atoms with Gasteiger partial charge >= 0.3 is 12.0 Å². The van der Waals surface area contributed by atoms with E-state index in [0.29, 0.717) is 5.69 Å². The maximum Gasteiger partial charge on any atom is 0.336 e. The summed E-state index contributed by atoms with van der Waals surface area (Å²) < 4.78 is 0. The Kier molecular flexibility index (Phi) is 5.57. The number of piperidine rings is 1. The number of anilines is 1. The molecule has 0 saturated carbocycles. The van der Waals surface area contributed by atoms with Crippen LogP contribution in [0, 0.1) is 0 Å². The molecule has 21 heavy (non-hydrogen) atoms. The molecule has 1 aliphatic rings. The first-order valence-electron chi connectivity index (χ1n) is 7.27. The number of hydrazine groups is 1. The summed E-state index contributed by atoms with van der Waals surface area (Å²) in [6, 6.07) is 8.86. The second kappa shape index (κ2) is 7.64. The first-order valence-corrected chi connectivity index (χ1v) is 7.27. The molecule has 6 nitrogen and oxygen atoms in total. The molecule has 0 aromatic heterocycles. The number of carbonyl (C=O) groups is 2. The summed E-state index contributed by atoms with van der Waals surface area (Å²) in [6.07, 6.45) is 3.25.